The molecule has 0 aromatic heterocycles. The second-order valence-electron chi connectivity index (χ2n) is 4.69. The zero-order chi connectivity index (χ0) is 14.0. The zero-order valence-electron chi connectivity index (χ0n) is 10.5. The van der Waals surface area contributed by atoms with Gasteiger partial charge in [0.1, 0.15) is 0 Å². The van der Waals surface area contributed by atoms with Crippen molar-refractivity contribution < 1.29 is 17.9 Å². The maximum Gasteiger partial charge on any atom is 0.416 e. The van der Waals surface area contributed by atoms with E-state index in [2.05, 4.69) is 20.8 Å². The third-order valence-corrected chi connectivity index (χ3v) is 4.10. The van der Waals surface area contributed by atoms with Crippen LogP contribution in [0.4, 0.5) is 13.2 Å². The van der Waals surface area contributed by atoms with Crippen LogP contribution in [0.1, 0.15) is 17.5 Å². The average molecular weight is 338 g/mol. The van der Waals surface area contributed by atoms with E-state index in [9.17, 15) is 13.2 Å². The summed E-state index contributed by atoms with van der Waals surface area (Å²) >= 11 is 3.31. The predicted octanol–water partition coefficient (Wildman–Crippen LogP) is 3.69. The smallest absolute Gasteiger partial charge is 0.380 e. The van der Waals surface area contributed by atoms with Gasteiger partial charge in [-0.05, 0) is 30.2 Å². The van der Waals surface area contributed by atoms with Gasteiger partial charge in [-0.2, -0.15) is 13.2 Å². The number of hydrogen-bond donors (Lipinski definition) is 0. The molecule has 1 aromatic rings. The third kappa shape index (κ3) is 3.70. The summed E-state index contributed by atoms with van der Waals surface area (Å²) in [6.07, 6.45) is -3.19. The number of rotatable bonds is 3. The lowest BCUT2D eigenvalue weighted by Gasteiger charge is -2.18. The number of alkyl halides is 3. The Morgan fingerprint density at radius 1 is 1.42 bits per heavy atom. The molecule has 1 aliphatic rings. The highest BCUT2D eigenvalue weighted by atomic mass is 79.9. The average Bonchev–Trinajstić information content (AvgIpc) is 2.78. The van der Waals surface area contributed by atoms with Gasteiger partial charge in [0, 0.05) is 31.2 Å². The van der Waals surface area contributed by atoms with E-state index in [1.807, 2.05) is 0 Å². The lowest BCUT2D eigenvalue weighted by Crippen LogP contribution is -2.22. The van der Waals surface area contributed by atoms with E-state index in [1.165, 1.54) is 12.1 Å². The summed E-state index contributed by atoms with van der Waals surface area (Å²) in [6, 6.07) is 3.77. The van der Waals surface area contributed by atoms with Crippen molar-refractivity contribution in [3.05, 3.63) is 33.8 Å². The molecule has 6 heteroatoms. The zero-order valence-corrected chi connectivity index (χ0v) is 12.1. The fraction of sp³-hybridized carbons (Fsp3) is 0.538. The Labute approximate surface area is 118 Å². The van der Waals surface area contributed by atoms with Crippen molar-refractivity contribution in [1.29, 1.82) is 0 Å². The van der Waals surface area contributed by atoms with Crippen LogP contribution in [0.15, 0.2) is 22.7 Å². The highest BCUT2D eigenvalue weighted by molar-refractivity contribution is 9.10. The van der Waals surface area contributed by atoms with E-state index in [-0.39, 0.29) is 6.10 Å². The van der Waals surface area contributed by atoms with Crippen molar-refractivity contribution in [3.8, 4) is 0 Å². The molecule has 0 aliphatic carbocycles. The Bertz CT molecular complexity index is 450. The van der Waals surface area contributed by atoms with Crippen LogP contribution in [0.5, 0.6) is 0 Å². The topological polar surface area (TPSA) is 12.5 Å². The minimum absolute atomic E-state index is 0.185. The predicted molar refractivity (Wildman–Crippen MR) is 69.8 cm³/mol. The Balaban J connectivity index is 2.12. The quantitative estimate of drug-likeness (QED) is 0.834. The molecule has 1 saturated heterocycles. The summed E-state index contributed by atoms with van der Waals surface area (Å²) in [5, 5.41) is 0. The highest BCUT2D eigenvalue weighted by Crippen LogP contribution is 2.32. The molecule has 1 atom stereocenters. The van der Waals surface area contributed by atoms with Gasteiger partial charge in [-0.25, -0.2) is 0 Å². The van der Waals surface area contributed by atoms with Gasteiger partial charge in [0.05, 0.1) is 11.7 Å². The monoisotopic (exact) mass is 337 g/mol. The molecular formula is C13H15BrF3NO. The summed E-state index contributed by atoms with van der Waals surface area (Å²) in [7, 11) is 1.66. The summed E-state index contributed by atoms with van der Waals surface area (Å²) < 4.78 is 44.0. The summed E-state index contributed by atoms with van der Waals surface area (Å²) in [5.74, 6) is 0. The van der Waals surface area contributed by atoms with Crippen molar-refractivity contribution in [2.24, 2.45) is 0 Å². The van der Waals surface area contributed by atoms with E-state index < -0.39 is 11.7 Å². The molecule has 0 unspecified atom stereocenters. The fourth-order valence-electron chi connectivity index (χ4n) is 2.25. The Kier molecular flexibility index (Phi) is 4.53. The van der Waals surface area contributed by atoms with Gasteiger partial charge in [0.15, 0.2) is 0 Å². The summed E-state index contributed by atoms with van der Waals surface area (Å²) in [5.41, 5.74) is 0.0553. The molecule has 1 heterocycles. The van der Waals surface area contributed by atoms with E-state index in [1.54, 1.807) is 7.11 Å². The van der Waals surface area contributed by atoms with Crippen LogP contribution in [-0.2, 0) is 17.5 Å². The number of benzene rings is 1. The summed E-state index contributed by atoms with van der Waals surface area (Å²) in [6.45, 7) is 2.12. The second kappa shape index (κ2) is 5.81. The van der Waals surface area contributed by atoms with Crippen LogP contribution >= 0.6 is 15.9 Å². The molecule has 106 valence electrons. The van der Waals surface area contributed by atoms with Gasteiger partial charge in [-0.1, -0.05) is 15.9 Å². The van der Waals surface area contributed by atoms with Gasteiger partial charge in [0.2, 0.25) is 0 Å². The number of methoxy groups -OCH3 is 1. The first kappa shape index (κ1) is 14.8. The standard InChI is InChI=1S/C13H15BrF3NO/c1-19-11-4-5-18(8-11)7-9-6-10(13(15,16)17)2-3-12(9)14/h2-3,6,11H,4-5,7-8H2,1H3/t11-/m1/s1. The molecule has 0 saturated carbocycles. The second-order valence-corrected chi connectivity index (χ2v) is 5.54. The minimum atomic E-state index is -4.30. The normalized spacial score (nSPS) is 21.0. The van der Waals surface area contributed by atoms with Crippen molar-refractivity contribution in [2.45, 2.75) is 25.2 Å². The first-order valence-corrected chi connectivity index (χ1v) is 6.80. The number of hydrogen-bond acceptors (Lipinski definition) is 2. The van der Waals surface area contributed by atoms with E-state index in [0.717, 1.165) is 25.6 Å². The molecule has 1 aliphatic heterocycles. The minimum Gasteiger partial charge on any atom is -0.380 e. The van der Waals surface area contributed by atoms with Gasteiger partial charge >= 0.3 is 6.18 Å². The van der Waals surface area contributed by atoms with Gasteiger partial charge in [0.25, 0.3) is 0 Å². The van der Waals surface area contributed by atoms with Crippen molar-refractivity contribution in [3.63, 3.8) is 0 Å². The number of likely N-dealkylation sites (tertiary alicyclic amines) is 1. The van der Waals surface area contributed by atoms with E-state index >= 15 is 0 Å². The molecule has 2 nitrogen and oxygen atoms in total. The molecule has 2 rings (SSSR count). The van der Waals surface area contributed by atoms with Crippen LogP contribution in [0.2, 0.25) is 0 Å². The lowest BCUT2D eigenvalue weighted by molar-refractivity contribution is -0.137. The summed E-state index contributed by atoms with van der Waals surface area (Å²) in [4.78, 5) is 2.11. The maximum absolute atomic E-state index is 12.7. The number of ether oxygens (including phenoxy) is 1. The molecule has 0 spiro atoms. The van der Waals surface area contributed by atoms with Gasteiger partial charge < -0.3 is 4.74 Å². The van der Waals surface area contributed by atoms with Crippen LogP contribution in [0.3, 0.4) is 0 Å². The first-order chi connectivity index (χ1) is 8.90. The largest absolute Gasteiger partial charge is 0.416 e. The SMILES string of the molecule is CO[C@@H]1CCN(Cc2cc(C(F)(F)F)ccc2Br)C1. The molecule has 0 amide bonds. The maximum atomic E-state index is 12.7. The van der Waals surface area contributed by atoms with Crippen LogP contribution in [-0.4, -0.2) is 31.2 Å². The molecule has 1 aromatic carbocycles. The van der Waals surface area contributed by atoms with Crippen LogP contribution in [0.25, 0.3) is 0 Å². The Hall–Kier alpha value is -0.590. The number of halogens is 4. The van der Waals surface area contributed by atoms with Gasteiger partial charge in [-0.15, -0.1) is 0 Å². The van der Waals surface area contributed by atoms with E-state index in [4.69, 9.17) is 4.74 Å². The van der Waals surface area contributed by atoms with Crippen LogP contribution in [0, 0.1) is 0 Å². The van der Waals surface area contributed by atoms with Crippen molar-refractivity contribution in [1.82, 2.24) is 4.90 Å². The van der Waals surface area contributed by atoms with Crippen molar-refractivity contribution >= 4 is 15.9 Å². The first-order valence-electron chi connectivity index (χ1n) is 6.01. The molecule has 0 N–H and O–H groups in total. The number of nitrogens with zero attached hydrogens (tertiary/aromatic N) is 1. The molecular weight excluding hydrogens is 323 g/mol. The lowest BCUT2D eigenvalue weighted by atomic mass is 10.1. The molecule has 0 radical (unpaired) electrons. The molecule has 19 heavy (non-hydrogen) atoms. The van der Waals surface area contributed by atoms with E-state index in [0.29, 0.717) is 16.6 Å². The third-order valence-electron chi connectivity index (χ3n) is 3.33. The van der Waals surface area contributed by atoms with Crippen LogP contribution < -0.4 is 0 Å². The van der Waals surface area contributed by atoms with Gasteiger partial charge in [-0.3, -0.25) is 4.90 Å². The fourth-order valence-corrected chi connectivity index (χ4v) is 2.62. The molecule has 0 bridgehead atoms. The molecule has 1 fully saturated rings. The van der Waals surface area contributed by atoms with Crippen molar-refractivity contribution in [2.75, 3.05) is 20.2 Å². The Morgan fingerprint density at radius 3 is 2.74 bits per heavy atom. The highest BCUT2D eigenvalue weighted by Gasteiger charge is 2.31. The Morgan fingerprint density at radius 2 is 2.16 bits per heavy atom.